The van der Waals surface area contributed by atoms with Gasteiger partial charge in [-0.25, -0.2) is 4.79 Å². The molecule has 0 aliphatic heterocycles. The van der Waals surface area contributed by atoms with Crippen molar-refractivity contribution in [3.8, 4) is 5.75 Å². The number of nitrogens with zero attached hydrogens (tertiary/aromatic N) is 3. The van der Waals surface area contributed by atoms with Crippen LogP contribution in [0.25, 0.3) is 11.0 Å². The minimum atomic E-state index is -0.526. The van der Waals surface area contributed by atoms with Gasteiger partial charge in [0.05, 0.1) is 10.9 Å². The molecule has 2 atom stereocenters. The normalized spacial score (nSPS) is 13.7. The molecule has 3 aromatic rings. The van der Waals surface area contributed by atoms with Gasteiger partial charge in [0.25, 0.3) is 0 Å². The van der Waals surface area contributed by atoms with E-state index < -0.39 is 11.5 Å². The molecule has 0 fully saturated rings. The lowest BCUT2D eigenvalue weighted by molar-refractivity contribution is 0.340. The van der Waals surface area contributed by atoms with E-state index in [1.54, 1.807) is 23.2 Å². The Hall–Kier alpha value is -2.83. The minimum absolute atomic E-state index is 0. The number of aromatic hydroxyl groups is 1. The molecule has 0 bridgehead atoms. The van der Waals surface area contributed by atoms with E-state index >= 15 is 0 Å². The maximum Gasteiger partial charge on any atom is 0.343 e. The lowest BCUT2D eigenvalue weighted by Gasteiger charge is -2.30. The van der Waals surface area contributed by atoms with Crippen LogP contribution in [-0.4, -0.2) is 55.5 Å². The molecule has 1 N–H and O–H groups in total. The molecule has 7 heteroatoms. The first-order chi connectivity index (χ1) is 14.3. The van der Waals surface area contributed by atoms with Crippen molar-refractivity contribution in [2.75, 3.05) is 34.7 Å². The number of rotatable bonds is 7. The van der Waals surface area contributed by atoms with Crippen LogP contribution >= 0.6 is 12.4 Å². The summed E-state index contributed by atoms with van der Waals surface area (Å²) in [5.74, 6) is -0.602. The summed E-state index contributed by atoms with van der Waals surface area (Å²) in [6, 6.07) is 16.8. The molecular formula is C24H30ClN3O3. The summed E-state index contributed by atoms with van der Waals surface area (Å²) in [6.07, 6.45) is 0. The number of fused-ring (bicyclic) bond motifs is 1. The predicted octanol–water partition coefficient (Wildman–Crippen LogP) is 4.17. The molecule has 3 rings (SSSR count). The van der Waals surface area contributed by atoms with Crippen molar-refractivity contribution in [2.45, 2.75) is 12.8 Å². The molecule has 0 saturated carbocycles. The second-order valence-electron chi connectivity index (χ2n) is 7.99. The Morgan fingerprint density at radius 3 is 2.26 bits per heavy atom. The maximum absolute atomic E-state index is 13.1. The monoisotopic (exact) mass is 443 g/mol. The van der Waals surface area contributed by atoms with Crippen LogP contribution < -0.4 is 5.63 Å². The SMILES string of the molecule is C/C(=N\N(C)C)C(CN(C)C)C(c1ccccc1)c1c(O)c2ccccc2oc1=O.Cl. The van der Waals surface area contributed by atoms with E-state index in [0.29, 0.717) is 17.5 Å². The van der Waals surface area contributed by atoms with Crippen molar-refractivity contribution in [3.63, 3.8) is 0 Å². The Morgan fingerprint density at radius 1 is 1.03 bits per heavy atom. The smallest absolute Gasteiger partial charge is 0.343 e. The highest BCUT2D eigenvalue weighted by molar-refractivity contribution is 5.88. The number of hydrogen-bond acceptors (Lipinski definition) is 6. The zero-order chi connectivity index (χ0) is 21.8. The molecule has 31 heavy (non-hydrogen) atoms. The molecule has 2 unspecified atom stereocenters. The molecule has 0 radical (unpaired) electrons. The third kappa shape index (κ3) is 5.46. The largest absolute Gasteiger partial charge is 0.507 e. The van der Waals surface area contributed by atoms with E-state index in [1.807, 2.05) is 71.5 Å². The molecule has 0 aliphatic rings. The Balaban J connectivity index is 0.00000341. The first-order valence-corrected chi connectivity index (χ1v) is 9.96. The van der Waals surface area contributed by atoms with E-state index in [9.17, 15) is 9.90 Å². The highest BCUT2D eigenvalue weighted by Gasteiger charge is 2.33. The summed E-state index contributed by atoms with van der Waals surface area (Å²) < 4.78 is 5.61. The van der Waals surface area contributed by atoms with E-state index in [-0.39, 0.29) is 29.6 Å². The topological polar surface area (TPSA) is 69.3 Å². The van der Waals surface area contributed by atoms with Crippen LogP contribution in [0.4, 0.5) is 0 Å². The Bertz CT molecular complexity index is 1090. The third-order valence-electron chi connectivity index (χ3n) is 5.15. The van der Waals surface area contributed by atoms with Gasteiger partial charge in [0, 0.05) is 38.2 Å². The van der Waals surface area contributed by atoms with Crippen molar-refractivity contribution in [1.82, 2.24) is 9.91 Å². The maximum atomic E-state index is 13.1. The molecule has 0 spiro atoms. The fraction of sp³-hybridized carbons (Fsp3) is 0.333. The van der Waals surface area contributed by atoms with Gasteiger partial charge in [0.2, 0.25) is 0 Å². The second kappa shape index (κ2) is 10.5. The fourth-order valence-corrected chi connectivity index (χ4v) is 3.94. The van der Waals surface area contributed by atoms with Crippen LogP contribution in [0.5, 0.6) is 5.75 Å². The van der Waals surface area contributed by atoms with Gasteiger partial charge in [-0.3, -0.25) is 0 Å². The first-order valence-electron chi connectivity index (χ1n) is 9.96. The van der Waals surface area contributed by atoms with E-state index in [4.69, 9.17) is 4.42 Å². The van der Waals surface area contributed by atoms with Gasteiger partial charge < -0.3 is 19.4 Å². The van der Waals surface area contributed by atoms with Crippen molar-refractivity contribution in [3.05, 3.63) is 76.1 Å². The molecule has 1 aromatic heterocycles. The van der Waals surface area contributed by atoms with E-state index in [0.717, 1.165) is 11.3 Å². The highest BCUT2D eigenvalue weighted by atomic mass is 35.5. The third-order valence-corrected chi connectivity index (χ3v) is 5.15. The van der Waals surface area contributed by atoms with Gasteiger partial charge >= 0.3 is 5.63 Å². The van der Waals surface area contributed by atoms with Crippen LogP contribution in [0.1, 0.15) is 24.0 Å². The zero-order valence-corrected chi connectivity index (χ0v) is 19.4. The van der Waals surface area contributed by atoms with Crippen LogP contribution in [-0.2, 0) is 0 Å². The summed E-state index contributed by atoms with van der Waals surface area (Å²) in [5, 5.41) is 18.1. The lowest BCUT2D eigenvalue weighted by Crippen LogP contribution is -2.35. The lowest BCUT2D eigenvalue weighted by atomic mass is 9.78. The van der Waals surface area contributed by atoms with Gasteiger partial charge in [-0.2, -0.15) is 5.10 Å². The van der Waals surface area contributed by atoms with Gasteiger partial charge in [-0.15, -0.1) is 12.4 Å². The van der Waals surface area contributed by atoms with E-state index in [2.05, 4.69) is 10.0 Å². The Labute approximate surface area is 189 Å². The second-order valence-corrected chi connectivity index (χ2v) is 7.99. The Morgan fingerprint density at radius 2 is 1.65 bits per heavy atom. The van der Waals surface area contributed by atoms with Gasteiger partial charge in [0.1, 0.15) is 11.3 Å². The quantitative estimate of drug-likeness (QED) is 0.337. The van der Waals surface area contributed by atoms with Crippen LogP contribution in [0.15, 0.2) is 68.9 Å². The van der Waals surface area contributed by atoms with Crippen molar-refractivity contribution in [1.29, 1.82) is 0 Å². The molecule has 6 nitrogen and oxygen atoms in total. The summed E-state index contributed by atoms with van der Waals surface area (Å²) in [6.45, 7) is 2.61. The molecular weight excluding hydrogens is 414 g/mol. The molecule has 2 aromatic carbocycles. The summed E-state index contributed by atoms with van der Waals surface area (Å²) in [4.78, 5) is 15.2. The molecule has 166 valence electrons. The number of para-hydroxylation sites is 1. The average molecular weight is 444 g/mol. The number of hydrogen-bond donors (Lipinski definition) is 1. The zero-order valence-electron chi connectivity index (χ0n) is 18.6. The number of benzene rings is 2. The highest BCUT2D eigenvalue weighted by Crippen LogP contribution is 2.39. The first kappa shape index (κ1) is 24.4. The van der Waals surface area contributed by atoms with Crippen LogP contribution in [0.2, 0.25) is 0 Å². The van der Waals surface area contributed by atoms with E-state index in [1.165, 1.54) is 0 Å². The van der Waals surface area contributed by atoms with Gasteiger partial charge in [-0.05, 0) is 38.7 Å². The van der Waals surface area contributed by atoms with Crippen molar-refractivity contribution in [2.24, 2.45) is 11.0 Å². The molecule has 0 aliphatic carbocycles. The average Bonchev–Trinajstić information content (AvgIpc) is 2.69. The molecule has 0 saturated heterocycles. The molecule has 1 heterocycles. The summed E-state index contributed by atoms with van der Waals surface area (Å²) in [5.41, 5.74) is 1.91. The molecule has 0 amide bonds. The minimum Gasteiger partial charge on any atom is -0.507 e. The van der Waals surface area contributed by atoms with Gasteiger partial charge in [0.15, 0.2) is 0 Å². The summed E-state index contributed by atoms with van der Waals surface area (Å²) >= 11 is 0. The van der Waals surface area contributed by atoms with Crippen LogP contribution in [0.3, 0.4) is 0 Å². The van der Waals surface area contributed by atoms with Crippen LogP contribution in [0, 0.1) is 5.92 Å². The standard InChI is InChI=1S/C24H29N3O3.ClH/c1-16(25-27(4)5)19(15-26(2)3)21(17-11-7-6-8-12-17)22-23(28)18-13-9-10-14-20(18)30-24(22)29;/h6-14,19,21,28H,15H2,1-5H3;1H/b25-16+;. The number of halogens is 1. The predicted molar refractivity (Wildman–Crippen MR) is 129 cm³/mol. The van der Waals surface area contributed by atoms with Gasteiger partial charge in [-0.1, -0.05) is 42.5 Å². The number of hydrazone groups is 1. The van der Waals surface area contributed by atoms with Crippen molar-refractivity contribution < 1.29 is 9.52 Å². The van der Waals surface area contributed by atoms with Crippen molar-refractivity contribution >= 4 is 29.1 Å². The Kier molecular flexibility index (Phi) is 8.25. The summed E-state index contributed by atoms with van der Waals surface area (Å²) in [7, 11) is 7.71. The fourth-order valence-electron chi connectivity index (χ4n) is 3.94.